The Hall–Kier alpha value is -0.970. The summed E-state index contributed by atoms with van der Waals surface area (Å²) in [6.45, 7) is 4.39. The van der Waals surface area contributed by atoms with Crippen molar-refractivity contribution in [2.24, 2.45) is 0 Å². The fourth-order valence-corrected chi connectivity index (χ4v) is 3.53. The van der Waals surface area contributed by atoms with Crippen LogP contribution in [0.3, 0.4) is 0 Å². The molecule has 0 radical (unpaired) electrons. The Bertz CT molecular complexity index is 468. The first-order chi connectivity index (χ1) is 10.2. The molecule has 21 heavy (non-hydrogen) atoms. The minimum absolute atomic E-state index is 0.0196. The van der Waals surface area contributed by atoms with Gasteiger partial charge in [0.1, 0.15) is 5.82 Å². The van der Waals surface area contributed by atoms with Gasteiger partial charge in [0.15, 0.2) is 0 Å². The van der Waals surface area contributed by atoms with Gasteiger partial charge in [-0.1, -0.05) is 18.2 Å². The second-order valence-corrected chi connectivity index (χ2v) is 6.24. The van der Waals surface area contributed by atoms with E-state index in [1.165, 1.54) is 6.07 Å². The monoisotopic (exact) mass is 293 g/mol. The fraction of sp³-hybridized carbons (Fsp3) is 0.647. The van der Waals surface area contributed by atoms with Crippen molar-refractivity contribution in [1.82, 2.24) is 5.32 Å². The smallest absolute Gasteiger partial charge is 0.127 e. The minimum atomic E-state index is -0.134. The molecule has 2 fully saturated rings. The maximum absolute atomic E-state index is 13.9. The van der Waals surface area contributed by atoms with Crippen molar-refractivity contribution in [3.63, 3.8) is 0 Å². The second kappa shape index (κ2) is 6.42. The van der Waals surface area contributed by atoms with Crippen LogP contribution in [0.5, 0.6) is 0 Å². The van der Waals surface area contributed by atoms with Gasteiger partial charge >= 0.3 is 0 Å². The van der Waals surface area contributed by atoms with E-state index in [-0.39, 0.29) is 17.5 Å². The van der Waals surface area contributed by atoms with Gasteiger partial charge in [0.05, 0.1) is 5.60 Å². The molecule has 2 saturated heterocycles. The number of benzene rings is 1. The molecule has 3 rings (SSSR count). The number of ether oxygens (including phenoxy) is 2. The molecule has 4 heteroatoms. The zero-order valence-corrected chi connectivity index (χ0v) is 12.6. The second-order valence-electron chi connectivity index (χ2n) is 6.24. The molecule has 0 aliphatic carbocycles. The normalized spacial score (nSPS) is 26.7. The number of rotatable bonds is 3. The van der Waals surface area contributed by atoms with Crippen molar-refractivity contribution in [2.75, 3.05) is 19.8 Å². The summed E-state index contributed by atoms with van der Waals surface area (Å²) in [6.07, 6.45) is 3.93. The van der Waals surface area contributed by atoms with Crippen molar-refractivity contribution in [2.45, 2.75) is 50.3 Å². The van der Waals surface area contributed by atoms with Crippen LogP contribution in [0.25, 0.3) is 0 Å². The lowest BCUT2D eigenvalue weighted by Gasteiger charge is -2.44. The summed E-state index contributed by atoms with van der Waals surface area (Å²) in [5, 5.41) is 3.59. The maximum atomic E-state index is 13.9. The predicted octanol–water partition coefficient (Wildman–Crippen LogP) is 3.20. The fourth-order valence-electron chi connectivity index (χ4n) is 3.53. The zero-order valence-electron chi connectivity index (χ0n) is 12.6. The summed E-state index contributed by atoms with van der Waals surface area (Å²) in [7, 11) is 0. The summed E-state index contributed by atoms with van der Waals surface area (Å²) in [5.74, 6) is -0.134. The van der Waals surface area contributed by atoms with Gasteiger partial charge in [0.25, 0.3) is 0 Å². The molecule has 2 aliphatic rings. The molecular weight excluding hydrogens is 269 g/mol. The van der Waals surface area contributed by atoms with Crippen molar-refractivity contribution >= 4 is 0 Å². The zero-order chi connectivity index (χ0) is 14.7. The highest BCUT2D eigenvalue weighted by molar-refractivity contribution is 5.20. The molecule has 3 nitrogen and oxygen atoms in total. The van der Waals surface area contributed by atoms with Crippen LogP contribution < -0.4 is 5.32 Å². The number of nitrogens with one attached hydrogen (secondary N) is 1. The molecule has 2 unspecified atom stereocenters. The third kappa shape index (κ3) is 3.44. The number of hydrogen-bond donors (Lipinski definition) is 1. The van der Waals surface area contributed by atoms with E-state index in [9.17, 15) is 4.39 Å². The Morgan fingerprint density at radius 1 is 1.24 bits per heavy atom. The van der Waals surface area contributed by atoms with E-state index in [1.807, 2.05) is 19.1 Å². The van der Waals surface area contributed by atoms with Crippen LogP contribution >= 0.6 is 0 Å². The average molecular weight is 293 g/mol. The van der Waals surface area contributed by atoms with Crippen LogP contribution in [0.15, 0.2) is 24.3 Å². The first-order valence-corrected chi connectivity index (χ1v) is 7.91. The predicted molar refractivity (Wildman–Crippen MR) is 79.7 cm³/mol. The van der Waals surface area contributed by atoms with Crippen LogP contribution in [0.4, 0.5) is 4.39 Å². The molecule has 0 saturated carbocycles. The van der Waals surface area contributed by atoms with E-state index >= 15 is 0 Å². The summed E-state index contributed by atoms with van der Waals surface area (Å²) in [5.41, 5.74) is 0.716. The largest absolute Gasteiger partial charge is 0.381 e. The molecule has 0 aromatic heterocycles. The van der Waals surface area contributed by atoms with E-state index in [0.29, 0.717) is 6.04 Å². The molecule has 1 aromatic rings. The first-order valence-electron chi connectivity index (χ1n) is 7.91. The maximum Gasteiger partial charge on any atom is 0.127 e. The van der Waals surface area contributed by atoms with Gasteiger partial charge in [0, 0.05) is 37.5 Å². The van der Waals surface area contributed by atoms with Gasteiger partial charge in [-0.3, -0.25) is 0 Å². The summed E-state index contributed by atoms with van der Waals surface area (Å²) < 4.78 is 25.4. The van der Waals surface area contributed by atoms with Crippen molar-refractivity contribution in [1.29, 1.82) is 0 Å². The Labute approximate surface area is 125 Å². The van der Waals surface area contributed by atoms with Crippen LogP contribution in [0, 0.1) is 5.82 Å². The Kier molecular flexibility index (Phi) is 4.57. The number of halogens is 1. The average Bonchev–Trinajstić information content (AvgIpc) is 2.48. The molecular formula is C17H24FNO2. The lowest BCUT2D eigenvalue weighted by molar-refractivity contribution is -0.140. The number of hydrogen-bond acceptors (Lipinski definition) is 3. The van der Waals surface area contributed by atoms with E-state index in [0.717, 1.165) is 51.1 Å². The molecule has 2 atom stereocenters. The van der Waals surface area contributed by atoms with E-state index in [2.05, 4.69) is 5.32 Å². The SMILES string of the molecule is CC(NC1CCOC2(CCOCC2)C1)c1ccccc1F. The highest BCUT2D eigenvalue weighted by Gasteiger charge is 2.39. The van der Waals surface area contributed by atoms with Gasteiger partial charge < -0.3 is 14.8 Å². The topological polar surface area (TPSA) is 30.5 Å². The van der Waals surface area contributed by atoms with Gasteiger partial charge in [-0.05, 0) is 38.7 Å². The summed E-state index contributed by atoms with van der Waals surface area (Å²) in [4.78, 5) is 0. The van der Waals surface area contributed by atoms with Crippen LogP contribution in [-0.4, -0.2) is 31.5 Å². The highest BCUT2D eigenvalue weighted by Crippen LogP contribution is 2.35. The molecule has 2 aliphatic heterocycles. The van der Waals surface area contributed by atoms with E-state index < -0.39 is 0 Å². The molecule has 116 valence electrons. The first kappa shape index (κ1) is 14.9. The lowest BCUT2D eigenvalue weighted by atomic mass is 9.83. The Morgan fingerprint density at radius 2 is 2.00 bits per heavy atom. The van der Waals surface area contributed by atoms with Crippen LogP contribution in [-0.2, 0) is 9.47 Å². The van der Waals surface area contributed by atoms with Crippen molar-refractivity contribution < 1.29 is 13.9 Å². The third-order valence-corrected chi connectivity index (χ3v) is 4.75. The van der Waals surface area contributed by atoms with Crippen molar-refractivity contribution in [3.05, 3.63) is 35.6 Å². The van der Waals surface area contributed by atoms with Gasteiger partial charge in [0.2, 0.25) is 0 Å². The Morgan fingerprint density at radius 3 is 2.76 bits per heavy atom. The molecule has 1 N–H and O–H groups in total. The Balaban J connectivity index is 1.63. The van der Waals surface area contributed by atoms with Crippen molar-refractivity contribution in [3.8, 4) is 0 Å². The van der Waals surface area contributed by atoms with Gasteiger partial charge in [-0.15, -0.1) is 0 Å². The lowest BCUT2D eigenvalue weighted by Crippen LogP contribution is -2.50. The molecule has 0 amide bonds. The van der Waals surface area contributed by atoms with Crippen LogP contribution in [0.1, 0.15) is 44.2 Å². The molecule has 0 bridgehead atoms. The van der Waals surface area contributed by atoms with E-state index in [4.69, 9.17) is 9.47 Å². The molecule has 1 spiro atoms. The molecule has 2 heterocycles. The third-order valence-electron chi connectivity index (χ3n) is 4.75. The van der Waals surface area contributed by atoms with Crippen LogP contribution in [0.2, 0.25) is 0 Å². The molecule has 1 aromatic carbocycles. The summed E-state index contributed by atoms with van der Waals surface area (Å²) in [6, 6.07) is 7.41. The van der Waals surface area contributed by atoms with Gasteiger partial charge in [-0.2, -0.15) is 0 Å². The van der Waals surface area contributed by atoms with Gasteiger partial charge in [-0.25, -0.2) is 4.39 Å². The quantitative estimate of drug-likeness (QED) is 0.928. The summed E-state index contributed by atoms with van der Waals surface area (Å²) >= 11 is 0. The standard InChI is InChI=1S/C17H24FNO2/c1-13(15-4-2-3-5-16(15)18)19-14-6-9-21-17(12-14)7-10-20-11-8-17/h2-5,13-14,19H,6-12H2,1H3. The highest BCUT2D eigenvalue weighted by atomic mass is 19.1. The minimum Gasteiger partial charge on any atom is -0.381 e. The van der Waals surface area contributed by atoms with E-state index in [1.54, 1.807) is 6.07 Å².